The molecule has 6 aliphatic carbocycles. The monoisotopic (exact) mass is 1080 g/mol. The predicted molar refractivity (Wildman–Crippen MR) is 295 cm³/mol. The highest BCUT2D eigenvalue weighted by molar-refractivity contribution is 5.85. The van der Waals surface area contributed by atoms with Crippen molar-refractivity contribution in [2.24, 2.45) is 65.2 Å². The Morgan fingerprint density at radius 1 is 0.423 bits per heavy atom. The number of benzene rings is 2. The Labute approximate surface area is 462 Å². The molecule has 6 fully saturated rings. The molecule has 0 atom stereocenters. The summed E-state index contributed by atoms with van der Waals surface area (Å²) in [6.45, 7) is 13.7. The number of nitrogens with zero attached hydrogens (tertiary/aromatic N) is 2. The van der Waals surface area contributed by atoms with Gasteiger partial charge in [-0.3, -0.25) is 28.8 Å². The lowest BCUT2D eigenvalue weighted by Gasteiger charge is -2.37. The summed E-state index contributed by atoms with van der Waals surface area (Å²) in [4.78, 5) is 85.4. The SMILES string of the molecule is Cn1c(-c2cc(OC(=O)C3CCC(C(=O)O[C@H]4CC[C@H](OC(=O)C5CCC(C(C)(C)C)CC5)CC4)CC3)ccc2OC(=O)C2CCC(C(=O)OC3CCC(OC(=O)C4CCC(C(C)(C)C)CC4)CC3)CC2)nc2ccccc21. The molecule has 0 aliphatic heterocycles. The van der Waals surface area contributed by atoms with Crippen LogP contribution in [-0.4, -0.2) is 69.8 Å². The minimum absolute atomic E-state index is 0.0170. The van der Waals surface area contributed by atoms with E-state index in [4.69, 9.17) is 33.4 Å². The van der Waals surface area contributed by atoms with Crippen LogP contribution in [-0.2, 0) is 54.8 Å². The van der Waals surface area contributed by atoms with Crippen molar-refractivity contribution >= 4 is 46.8 Å². The second kappa shape index (κ2) is 25.0. The van der Waals surface area contributed by atoms with E-state index in [1.807, 2.05) is 35.9 Å². The standard InChI is InChI=1S/C64H88N2O12/c1-63(2,3)45-24-20-43(21-25-45)59(69)75-49-32-28-47(29-33-49)73-57(67)39-12-14-41(15-13-39)61(71)77-51-36-37-55(52(38-51)56-65-53-10-8-9-11-54(53)66(56)7)78-62(72)42-18-16-40(17-19-42)58(68)74-48-30-34-50(35-31-48)76-60(70)44-22-26-46(27-23-44)64(4,5)6/h8-11,36-50H,12-35H2,1-7H3/t39?,40?,41?,42?,43?,44?,45?,46?,47-,48?,49-,50?. The Morgan fingerprint density at radius 3 is 1.12 bits per heavy atom. The maximum absolute atomic E-state index is 13.9. The summed E-state index contributed by atoms with van der Waals surface area (Å²) >= 11 is 0. The van der Waals surface area contributed by atoms with Crippen molar-refractivity contribution < 1.29 is 57.2 Å². The highest BCUT2D eigenvalue weighted by Gasteiger charge is 2.40. The number of hydrogen-bond donors (Lipinski definition) is 0. The summed E-state index contributed by atoms with van der Waals surface area (Å²) in [7, 11) is 1.89. The minimum Gasteiger partial charge on any atom is -0.462 e. The number of aromatic nitrogens is 2. The van der Waals surface area contributed by atoms with Gasteiger partial charge in [0.15, 0.2) is 0 Å². The first-order valence-corrected chi connectivity index (χ1v) is 30.1. The second-order valence-corrected chi connectivity index (χ2v) is 26.5. The van der Waals surface area contributed by atoms with E-state index in [1.165, 1.54) is 0 Å². The van der Waals surface area contributed by atoms with Gasteiger partial charge < -0.3 is 33.0 Å². The zero-order valence-electron chi connectivity index (χ0n) is 47.7. The van der Waals surface area contributed by atoms with Crippen molar-refractivity contribution in [2.75, 3.05) is 0 Å². The van der Waals surface area contributed by atoms with Crippen LogP contribution in [0.5, 0.6) is 11.5 Å². The van der Waals surface area contributed by atoms with Gasteiger partial charge in [-0.1, -0.05) is 53.7 Å². The summed E-state index contributed by atoms with van der Waals surface area (Å²) in [6.07, 6.45) is 16.6. The fourth-order valence-corrected chi connectivity index (χ4v) is 13.7. The molecule has 2 aromatic carbocycles. The molecule has 14 nitrogen and oxygen atoms in total. The zero-order valence-corrected chi connectivity index (χ0v) is 47.7. The molecule has 0 radical (unpaired) electrons. The number of esters is 6. The molecule has 3 aromatic rings. The first-order chi connectivity index (χ1) is 37.2. The summed E-state index contributed by atoms with van der Waals surface area (Å²) < 4.78 is 38.1. The molecule has 9 rings (SSSR count). The van der Waals surface area contributed by atoms with Crippen LogP contribution in [0.4, 0.5) is 0 Å². The van der Waals surface area contributed by atoms with E-state index >= 15 is 0 Å². The molecule has 0 spiro atoms. The molecule has 0 N–H and O–H groups in total. The highest BCUT2D eigenvalue weighted by atomic mass is 16.6. The van der Waals surface area contributed by atoms with Crippen LogP contribution in [0.15, 0.2) is 42.5 Å². The predicted octanol–water partition coefficient (Wildman–Crippen LogP) is 13.2. The molecule has 14 heteroatoms. The van der Waals surface area contributed by atoms with Crippen LogP contribution in [0, 0.1) is 58.2 Å². The van der Waals surface area contributed by atoms with E-state index in [0.29, 0.717) is 132 Å². The Kier molecular flexibility index (Phi) is 18.4. The largest absolute Gasteiger partial charge is 0.462 e. The van der Waals surface area contributed by atoms with Crippen LogP contribution >= 0.6 is 0 Å². The van der Waals surface area contributed by atoms with Crippen molar-refractivity contribution in [1.29, 1.82) is 0 Å². The van der Waals surface area contributed by atoms with Gasteiger partial charge in [0.25, 0.3) is 0 Å². The Balaban J connectivity index is 0.717. The van der Waals surface area contributed by atoms with E-state index < -0.39 is 17.8 Å². The fraction of sp³-hybridized carbons (Fsp3) is 0.703. The zero-order chi connectivity index (χ0) is 55.3. The molecule has 0 unspecified atom stereocenters. The number of fused-ring (bicyclic) bond motifs is 1. The van der Waals surface area contributed by atoms with E-state index in [0.717, 1.165) is 62.4 Å². The van der Waals surface area contributed by atoms with Crippen LogP contribution < -0.4 is 9.47 Å². The lowest BCUT2D eigenvalue weighted by Crippen LogP contribution is -2.35. The smallest absolute Gasteiger partial charge is 0.314 e. The van der Waals surface area contributed by atoms with Gasteiger partial charge >= 0.3 is 35.8 Å². The fourth-order valence-electron chi connectivity index (χ4n) is 13.7. The highest BCUT2D eigenvalue weighted by Crippen LogP contribution is 2.43. The topological polar surface area (TPSA) is 176 Å². The van der Waals surface area contributed by atoms with Gasteiger partial charge in [0.2, 0.25) is 0 Å². The average molecular weight is 1080 g/mol. The first kappa shape index (κ1) is 57.4. The molecule has 0 amide bonds. The third-order valence-corrected chi connectivity index (χ3v) is 19.1. The van der Waals surface area contributed by atoms with Gasteiger partial charge in [-0.05, 0) is 207 Å². The van der Waals surface area contributed by atoms with Crippen molar-refractivity contribution in [1.82, 2.24) is 9.55 Å². The summed E-state index contributed by atoms with van der Waals surface area (Å²) in [6, 6.07) is 12.7. The molecule has 6 aliphatic rings. The number of ether oxygens (including phenoxy) is 6. The number of hydrogen-bond acceptors (Lipinski definition) is 13. The van der Waals surface area contributed by atoms with Gasteiger partial charge in [-0.25, -0.2) is 4.98 Å². The van der Waals surface area contributed by atoms with Crippen molar-refractivity contribution in [2.45, 2.75) is 220 Å². The van der Waals surface area contributed by atoms with Crippen LogP contribution in [0.3, 0.4) is 0 Å². The third kappa shape index (κ3) is 14.4. The second-order valence-electron chi connectivity index (χ2n) is 26.5. The van der Waals surface area contributed by atoms with Crippen molar-refractivity contribution in [3.63, 3.8) is 0 Å². The average Bonchev–Trinajstić information content (AvgIpc) is 3.87. The molecule has 0 bridgehead atoms. The summed E-state index contributed by atoms with van der Waals surface area (Å²) in [5, 5.41) is 0. The van der Waals surface area contributed by atoms with Gasteiger partial charge in [0.05, 0.1) is 52.1 Å². The normalized spacial score (nSPS) is 30.1. The summed E-state index contributed by atoms with van der Waals surface area (Å²) in [5.41, 5.74) is 2.65. The number of imidazole rings is 1. The molecular formula is C64H88N2O12. The van der Waals surface area contributed by atoms with Crippen molar-refractivity contribution in [3.05, 3.63) is 42.5 Å². The lowest BCUT2D eigenvalue weighted by molar-refractivity contribution is -0.165. The number of carbonyl (C=O) groups is 6. The quantitative estimate of drug-likeness (QED) is 0.0899. The molecule has 6 saturated carbocycles. The van der Waals surface area contributed by atoms with Crippen molar-refractivity contribution in [3.8, 4) is 22.9 Å². The maximum atomic E-state index is 13.9. The number of para-hydroxylation sites is 2. The Hall–Kier alpha value is -5.27. The molecule has 78 heavy (non-hydrogen) atoms. The van der Waals surface area contributed by atoms with E-state index in [2.05, 4.69) is 41.5 Å². The lowest BCUT2D eigenvalue weighted by atomic mass is 9.70. The van der Waals surface area contributed by atoms with Crippen LogP contribution in [0.2, 0.25) is 0 Å². The number of carbonyl (C=O) groups excluding carboxylic acids is 6. The van der Waals surface area contributed by atoms with E-state index in [1.54, 1.807) is 18.2 Å². The minimum atomic E-state index is -0.416. The molecular weight excluding hydrogens is 989 g/mol. The van der Waals surface area contributed by atoms with Gasteiger partial charge in [0, 0.05) is 7.05 Å². The van der Waals surface area contributed by atoms with Crippen LogP contribution in [0.1, 0.15) is 196 Å². The van der Waals surface area contributed by atoms with Gasteiger partial charge in [0.1, 0.15) is 41.7 Å². The Bertz CT molecular complexity index is 2580. The third-order valence-electron chi connectivity index (χ3n) is 19.1. The Morgan fingerprint density at radius 2 is 0.756 bits per heavy atom. The van der Waals surface area contributed by atoms with Gasteiger partial charge in [-0.2, -0.15) is 0 Å². The molecule has 426 valence electrons. The number of rotatable bonds is 13. The molecule has 1 aromatic heterocycles. The van der Waals surface area contributed by atoms with E-state index in [-0.39, 0.29) is 94.5 Å². The van der Waals surface area contributed by atoms with E-state index in [9.17, 15) is 28.8 Å². The summed E-state index contributed by atoms with van der Waals surface area (Å²) in [5.74, 6) is -0.410. The first-order valence-electron chi connectivity index (χ1n) is 30.1. The number of aryl methyl sites for hydroxylation is 1. The molecule has 0 saturated heterocycles. The maximum Gasteiger partial charge on any atom is 0.314 e. The molecule has 1 heterocycles. The van der Waals surface area contributed by atoms with Crippen LogP contribution in [0.25, 0.3) is 22.4 Å². The van der Waals surface area contributed by atoms with Gasteiger partial charge in [-0.15, -0.1) is 0 Å².